The highest BCUT2D eigenvalue weighted by Gasteiger charge is 2.18. The first-order valence-electron chi connectivity index (χ1n) is 9.06. The van der Waals surface area contributed by atoms with Gasteiger partial charge >= 0.3 is 0 Å². The first kappa shape index (κ1) is 18.8. The third-order valence-corrected chi connectivity index (χ3v) is 5.12. The summed E-state index contributed by atoms with van der Waals surface area (Å²) in [5.41, 5.74) is 4.65. The van der Waals surface area contributed by atoms with Crippen LogP contribution in [0.4, 0.5) is 16.4 Å². The van der Waals surface area contributed by atoms with Crippen LogP contribution in [0.2, 0.25) is 0 Å². The van der Waals surface area contributed by atoms with Gasteiger partial charge in [-0.25, -0.2) is 4.98 Å². The van der Waals surface area contributed by atoms with Crippen LogP contribution in [0.1, 0.15) is 21.2 Å². The Morgan fingerprint density at radius 3 is 2.72 bits per heavy atom. The average Bonchev–Trinajstić information content (AvgIpc) is 3.27. The maximum atomic E-state index is 12.8. The first-order chi connectivity index (χ1) is 14.0. The summed E-state index contributed by atoms with van der Waals surface area (Å²) in [4.78, 5) is 21.4. The molecule has 29 heavy (non-hydrogen) atoms. The molecular formula is C21H20N6OS. The number of thiazole rings is 1. The number of nitrogens with one attached hydrogen (secondary N) is 2. The molecule has 4 aromatic rings. The Morgan fingerprint density at radius 2 is 1.97 bits per heavy atom. The van der Waals surface area contributed by atoms with Crippen molar-refractivity contribution >= 4 is 33.6 Å². The van der Waals surface area contributed by atoms with Crippen molar-refractivity contribution in [3.05, 3.63) is 71.3 Å². The predicted molar refractivity (Wildman–Crippen MR) is 116 cm³/mol. The van der Waals surface area contributed by atoms with Crippen molar-refractivity contribution in [1.82, 2.24) is 19.7 Å². The summed E-state index contributed by atoms with van der Waals surface area (Å²) in [5, 5.41) is 12.2. The van der Waals surface area contributed by atoms with Crippen LogP contribution >= 0.6 is 11.3 Å². The maximum absolute atomic E-state index is 12.8. The van der Waals surface area contributed by atoms with Crippen molar-refractivity contribution in [3.63, 3.8) is 0 Å². The SMILES string of the molecule is Cc1cc(NC(=O)c2nc(C)sc2Nc2cccc(-c3ccn(C)n3)c2)ccn1. The van der Waals surface area contributed by atoms with E-state index >= 15 is 0 Å². The van der Waals surface area contributed by atoms with E-state index in [9.17, 15) is 4.79 Å². The summed E-state index contributed by atoms with van der Waals surface area (Å²) < 4.78 is 1.77. The van der Waals surface area contributed by atoms with E-state index in [0.717, 1.165) is 27.6 Å². The van der Waals surface area contributed by atoms with E-state index in [0.29, 0.717) is 16.4 Å². The van der Waals surface area contributed by atoms with Gasteiger partial charge in [-0.1, -0.05) is 12.1 Å². The number of hydrogen-bond donors (Lipinski definition) is 2. The molecule has 0 unspecified atom stereocenters. The fraction of sp³-hybridized carbons (Fsp3) is 0.143. The molecule has 4 rings (SSSR count). The van der Waals surface area contributed by atoms with Gasteiger partial charge in [-0.3, -0.25) is 14.5 Å². The van der Waals surface area contributed by atoms with E-state index in [1.807, 2.05) is 63.5 Å². The van der Waals surface area contributed by atoms with E-state index in [1.54, 1.807) is 16.9 Å². The molecule has 0 aliphatic heterocycles. The second-order valence-electron chi connectivity index (χ2n) is 6.63. The van der Waals surface area contributed by atoms with Crippen molar-refractivity contribution in [2.45, 2.75) is 13.8 Å². The number of aryl methyl sites for hydroxylation is 3. The largest absolute Gasteiger partial charge is 0.345 e. The van der Waals surface area contributed by atoms with Gasteiger partial charge in [0.1, 0.15) is 5.00 Å². The molecular weight excluding hydrogens is 384 g/mol. The van der Waals surface area contributed by atoms with Crippen LogP contribution in [0.5, 0.6) is 0 Å². The molecule has 0 bridgehead atoms. The summed E-state index contributed by atoms with van der Waals surface area (Å²) >= 11 is 1.44. The Labute approximate surface area is 172 Å². The molecule has 1 aromatic carbocycles. The number of pyridine rings is 1. The van der Waals surface area contributed by atoms with Gasteiger partial charge in [0.25, 0.3) is 5.91 Å². The number of benzene rings is 1. The second kappa shape index (κ2) is 7.84. The van der Waals surface area contributed by atoms with Gasteiger partial charge in [0, 0.05) is 42.1 Å². The quantitative estimate of drug-likeness (QED) is 0.510. The van der Waals surface area contributed by atoms with Crippen molar-refractivity contribution in [3.8, 4) is 11.3 Å². The fourth-order valence-electron chi connectivity index (χ4n) is 2.94. The molecule has 0 spiro atoms. The van der Waals surface area contributed by atoms with E-state index in [2.05, 4.69) is 25.7 Å². The molecule has 146 valence electrons. The zero-order valence-corrected chi connectivity index (χ0v) is 17.1. The maximum Gasteiger partial charge on any atom is 0.277 e. The minimum Gasteiger partial charge on any atom is -0.345 e. The zero-order valence-electron chi connectivity index (χ0n) is 16.3. The fourth-order valence-corrected chi connectivity index (χ4v) is 3.77. The zero-order chi connectivity index (χ0) is 20.4. The minimum absolute atomic E-state index is 0.261. The molecule has 3 aromatic heterocycles. The number of carbonyl (C=O) groups is 1. The van der Waals surface area contributed by atoms with Crippen molar-refractivity contribution in [2.24, 2.45) is 7.05 Å². The molecule has 0 fully saturated rings. The molecule has 0 atom stereocenters. The smallest absolute Gasteiger partial charge is 0.277 e. The topological polar surface area (TPSA) is 84.7 Å². The van der Waals surface area contributed by atoms with E-state index in [4.69, 9.17) is 0 Å². The third-order valence-electron chi connectivity index (χ3n) is 4.23. The summed E-state index contributed by atoms with van der Waals surface area (Å²) in [6.45, 7) is 3.76. The number of hydrogen-bond acceptors (Lipinski definition) is 6. The molecule has 8 heteroatoms. The highest BCUT2D eigenvalue weighted by molar-refractivity contribution is 7.16. The highest BCUT2D eigenvalue weighted by atomic mass is 32.1. The van der Waals surface area contributed by atoms with Crippen molar-refractivity contribution < 1.29 is 4.79 Å². The number of carbonyl (C=O) groups excluding carboxylic acids is 1. The standard InChI is InChI=1S/C21H20N6OS/c1-13-11-17(7-9-22-13)24-20(28)19-21(29-14(2)23-19)25-16-6-4-5-15(12-16)18-8-10-27(3)26-18/h4-12,25H,1-3H3,(H,22,24,28). The number of amides is 1. The molecule has 0 saturated heterocycles. The number of anilines is 3. The highest BCUT2D eigenvalue weighted by Crippen LogP contribution is 2.30. The lowest BCUT2D eigenvalue weighted by atomic mass is 10.1. The monoisotopic (exact) mass is 404 g/mol. The summed E-state index contributed by atoms with van der Waals surface area (Å²) in [5.74, 6) is -0.261. The van der Waals surface area contributed by atoms with Crippen molar-refractivity contribution in [2.75, 3.05) is 10.6 Å². The van der Waals surface area contributed by atoms with Crippen LogP contribution in [0.15, 0.2) is 54.9 Å². The molecule has 2 N–H and O–H groups in total. The minimum atomic E-state index is -0.261. The lowest BCUT2D eigenvalue weighted by Gasteiger charge is -2.08. The Balaban J connectivity index is 1.58. The van der Waals surface area contributed by atoms with E-state index < -0.39 is 0 Å². The molecule has 3 heterocycles. The van der Waals surface area contributed by atoms with Gasteiger partial charge < -0.3 is 10.6 Å². The van der Waals surface area contributed by atoms with Crippen LogP contribution in [-0.4, -0.2) is 25.7 Å². The average molecular weight is 404 g/mol. The van der Waals surface area contributed by atoms with Crippen molar-refractivity contribution in [1.29, 1.82) is 0 Å². The lowest BCUT2D eigenvalue weighted by Crippen LogP contribution is -2.14. The predicted octanol–water partition coefficient (Wildman–Crippen LogP) is 4.55. The third kappa shape index (κ3) is 4.33. The van der Waals surface area contributed by atoms with Gasteiger partial charge in [-0.2, -0.15) is 5.10 Å². The molecule has 7 nitrogen and oxygen atoms in total. The Hall–Kier alpha value is -3.52. The molecule has 0 saturated carbocycles. The van der Waals surface area contributed by atoms with Gasteiger partial charge in [0.05, 0.1) is 10.7 Å². The Bertz CT molecular complexity index is 1180. The van der Waals surface area contributed by atoms with Crippen LogP contribution in [-0.2, 0) is 7.05 Å². The molecule has 0 radical (unpaired) electrons. The number of rotatable bonds is 5. The lowest BCUT2D eigenvalue weighted by molar-refractivity contribution is 0.102. The summed E-state index contributed by atoms with van der Waals surface area (Å²) in [7, 11) is 1.89. The number of aromatic nitrogens is 4. The van der Waals surface area contributed by atoms with E-state index in [-0.39, 0.29) is 5.91 Å². The van der Waals surface area contributed by atoms with Crippen LogP contribution in [0.25, 0.3) is 11.3 Å². The molecule has 0 aliphatic carbocycles. The van der Waals surface area contributed by atoms with Crippen LogP contribution < -0.4 is 10.6 Å². The van der Waals surface area contributed by atoms with E-state index in [1.165, 1.54) is 11.3 Å². The van der Waals surface area contributed by atoms with Gasteiger partial charge in [-0.05, 0) is 44.2 Å². The summed E-state index contributed by atoms with van der Waals surface area (Å²) in [6.07, 6.45) is 3.57. The normalized spacial score (nSPS) is 10.7. The van der Waals surface area contributed by atoms with Crippen LogP contribution in [0.3, 0.4) is 0 Å². The van der Waals surface area contributed by atoms with Gasteiger partial charge in [0.15, 0.2) is 5.69 Å². The second-order valence-corrected chi connectivity index (χ2v) is 7.83. The van der Waals surface area contributed by atoms with Gasteiger partial charge in [0.2, 0.25) is 0 Å². The van der Waals surface area contributed by atoms with Gasteiger partial charge in [-0.15, -0.1) is 11.3 Å². The summed E-state index contributed by atoms with van der Waals surface area (Å²) in [6, 6.07) is 13.5. The van der Waals surface area contributed by atoms with Crippen LogP contribution in [0, 0.1) is 13.8 Å². The Kier molecular flexibility index (Phi) is 5.09. The number of nitrogens with zero attached hydrogens (tertiary/aromatic N) is 4. The Morgan fingerprint density at radius 1 is 1.10 bits per heavy atom. The first-order valence-corrected chi connectivity index (χ1v) is 9.88. The molecule has 0 aliphatic rings. The molecule has 1 amide bonds.